The largest absolute Gasteiger partial charge is 0.489 e. The van der Waals surface area contributed by atoms with E-state index in [0.29, 0.717) is 17.7 Å². The van der Waals surface area contributed by atoms with Gasteiger partial charge in [-0.2, -0.15) is 0 Å². The summed E-state index contributed by atoms with van der Waals surface area (Å²) in [5, 5.41) is 5.86. The first-order valence-corrected chi connectivity index (χ1v) is 9.73. The molecule has 2 aromatic rings. The van der Waals surface area contributed by atoms with Crippen LogP contribution in [0.5, 0.6) is 5.75 Å². The Morgan fingerprint density at radius 2 is 1.88 bits per heavy atom. The molecule has 1 aliphatic carbocycles. The zero-order chi connectivity index (χ0) is 16.8. The number of hydrogen-bond donors (Lipinski definition) is 1. The van der Waals surface area contributed by atoms with Crippen molar-refractivity contribution in [2.75, 3.05) is 0 Å². The van der Waals surface area contributed by atoms with Gasteiger partial charge in [0.25, 0.3) is 5.91 Å². The smallest absolute Gasteiger partial charge is 0.261 e. The highest BCUT2D eigenvalue weighted by Gasteiger charge is 2.17. The van der Waals surface area contributed by atoms with E-state index in [0.717, 1.165) is 29.0 Å². The third kappa shape index (κ3) is 4.99. The number of ether oxygens (including phenoxy) is 1. The van der Waals surface area contributed by atoms with Crippen LogP contribution in [0, 0.1) is 0 Å². The Labute approximate surface area is 152 Å². The van der Waals surface area contributed by atoms with Crippen LogP contribution in [-0.2, 0) is 6.61 Å². The summed E-state index contributed by atoms with van der Waals surface area (Å²) in [7, 11) is 0. The van der Waals surface area contributed by atoms with Crippen molar-refractivity contribution in [1.29, 1.82) is 0 Å². The normalized spacial score (nSPS) is 15.7. The maximum absolute atomic E-state index is 12.4. The standard InChI is InChI=1S/C19H22ClNO2S/c20-15-7-9-17(10-8-15)23-12-14-11-18(24-13-14)19(22)21-16-5-3-1-2-4-6-16/h7-11,13,16H,1-6,12H2,(H,21,22). The number of amides is 1. The quantitative estimate of drug-likeness (QED) is 0.719. The first-order valence-electron chi connectivity index (χ1n) is 8.47. The van der Waals surface area contributed by atoms with Gasteiger partial charge in [0.1, 0.15) is 12.4 Å². The molecule has 1 aromatic carbocycles. The second-order valence-corrected chi connectivity index (χ2v) is 7.57. The predicted octanol–water partition coefficient (Wildman–Crippen LogP) is 5.43. The van der Waals surface area contributed by atoms with Crippen molar-refractivity contribution in [3.8, 4) is 5.75 Å². The molecule has 1 saturated carbocycles. The molecule has 1 amide bonds. The van der Waals surface area contributed by atoms with Gasteiger partial charge < -0.3 is 10.1 Å². The molecule has 1 aliphatic rings. The van der Waals surface area contributed by atoms with E-state index >= 15 is 0 Å². The van der Waals surface area contributed by atoms with Gasteiger partial charge in [0.05, 0.1) is 4.88 Å². The van der Waals surface area contributed by atoms with E-state index in [1.165, 1.54) is 37.0 Å². The first-order chi connectivity index (χ1) is 11.7. The minimum atomic E-state index is 0.0460. The Kier molecular flexibility index (Phi) is 6.16. The lowest BCUT2D eigenvalue weighted by molar-refractivity contribution is 0.0937. The molecular formula is C19H22ClNO2S. The van der Waals surface area contributed by atoms with Crippen LogP contribution in [0.4, 0.5) is 0 Å². The summed E-state index contributed by atoms with van der Waals surface area (Å²) in [6.45, 7) is 0.453. The minimum Gasteiger partial charge on any atom is -0.489 e. The molecule has 0 aliphatic heterocycles. The van der Waals surface area contributed by atoms with E-state index in [4.69, 9.17) is 16.3 Å². The molecule has 1 fully saturated rings. The SMILES string of the molecule is O=C(NC1CCCCCC1)c1cc(COc2ccc(Cl)cc2)cs1. The maximum Gasteiger partial charge on any atom is 0.261 e. The monoisotopic (exact) mass is 363 g/mol. The topological polar surface area (TPSA) is 38.3 Å². The number of thiophene rings is 1. The van der Waals surface area contributed by atoms with Crippen LogP contribution in [-0.4, -0.2) is 11.9 Å². The van der Waals surface area contributed by atoms with Gasteiger partial charge in [0, 0.05) is 16.6 Å². The zero-order valence-electron chi connectivity index (χ0n) is 13.6. The van der Waals surface area contributed by atoms with Crippen molar-refractivity contribution < 1.29 is 9.53 Å². The highest BCUT2D eigenvalue weighted by molar-refractivity contribution is 7.12. The number of carbonyl (C=O) groups is 1. The summed E-state index contributed by atoms with van der Waals surface area (Å²) in [5.74, 6) is 0.819. The molecule has 128 valence electrons. The van der Waals surface area contributed by atoms with Gasteiger partial charge in [0.2, 0.25) is 0 Å². The number of benzene rings is 1. The molecule has 0 radical (unpaired) electrons. The van der Waals surface area contributed by atoms with Gasteiger partial charge in [-0.3, -0.25) is 4.79 Å². The van der Waals surface area contributed by atoms with Crippen molar-refractivity contribution in [3.63, 3.8) is 0 Å². The average molecular weight is 364 g/mol. The Bertz CT molecular complexity index is 660. The highest BCUT2D eigenvalue weighted by Crippen LogP contribution is 2.21. The van der Waals surface area contributed by atoms with Crippen LogP contribution in [0.3, 0.4) is 0 Å². The third-order valence-corrected chi connectivity index (χ3v) is 5.52. The average Bonchev–Trinajstić information content (AvgIpc) is 2.92. The molecule has 0 atom stereocenters. The summed E-state index contributed by atoms with van der Waals surface area (Å²) < 4.78 is 5.72. The summed E-state index contributed by atoms with van der Waals surface area (Å²) in [4.78, 5) is 13.2. The molecule has 1 heterocycles. The van der Waals surface area contributed by atoms with Crippen molar-refractivity contribution >= 4 is 28.8 Å². The van der Waals surface area contributed by atoms with Crippen LogP contribution < -0.4 is 10.1 Å². The van der Waals surface area contributed by atoms with Crippen molar-refractivity contribution in [3.05, 3.63) is 51.2 Å². The van der Waals surface area contributed by atoms with Crippen LogP contribution >= 0.6 is 22.9 Å². The molecule has 0 saturated heterocycles. The van der Waals surface area contributed by atoms with Gasteiger partial charge in [-0.05, 0) is 48.6 Å². The van der Waals surface area contributed by atoms with Crippen LogP contribution in [0.1, 0.15) is 53.8 Å². The second-order valence-electron chi connectivity index (χ2n) is 6.22. The zero-order valence-corrected chi connectivity index (χ0v) is 15.2. The summed E-state index contributed by atoms with van der Waals surface area (Å²) in [5.41, 5.74) is 1.01. The molecule has 0 spiro atoms. The van der Waals surface area contributed by atoms with Gasteiger partial charge in [-0.1, -0.05) is 37.3 Å². The number of rotatable bonds is 5. The van der Waals surface area contributed by atoms with Crippen molar-refractivity contribution in [2.45, 2.75) is 51.2 Å². The van der Waals surface area contributed by atoms with Gasteiger partial charge >= 0.3 is 0 Å². The van der Waals surface area contributed by atoms with Crippen LogP contribution in [0.2, 0.25) is 5.02 Å². The van der Waals surface area contributed by atoms with Gasteiger partial charge in [-0.25, -0.2) is 0 Å². The lowest BCUT2D eigenvalue weighted by atomic mass is 10.1. The summed E-state index contributed by atoms with van der Waals surface area (Å²) >= 11 is 7.33. The summed E-state index contributed by atoms with van der Waals surface area (Å²) in [6, 6.07) is 9.54. The van der Waals surface area contributed by atoms with Crippen molar-refractivity contribution in [2.24, 2.45) is 0 Å². The molecule has 5 heteroatoms. The Hall–Kier alpha value is -1.52. The molecule has 0 unspecified atom stereocenters. The lowest BCUT2D eigenvalue weighted by Crippen LogP contribution is -2.33. The van der Waals surface area contributed by atoms with Gasteiger partial charge in [-0.15, -0.1) is 11.3 Å². The Morgan fingerprint density at radius 3 is 2.58 bits per heavy atom. The molecule has 3 nitrogen and oxygen atoms in total. The predicted molar refractivity (Wildman–Crippen MR) is 99.1 cm³/mol. The van der Waals surface area contributed by atoms with Crippen molar-refractivity contribution in [1.82, 2.24) is 5.32 Å². The minimum absolute atomic E-state index is 0.0460. The van der Waals surface area contributed by atoms with Gasteiger partial charge in [0.15, 0.2) is 0 Å². The Balaban J connectivity index is 1.52. The van der Waals surface area contributed by atoms with E-state index in [1.54, 1.807) is 12.1 Å². The number of carbonyl (C=O) groups excluding carboxylic acids is 1. The number of halogens is 1. The van der Waals surface area contributed by atoms with E-state index in [1.807, 2.05) is 23.6 Å². The first kappa shape index (κ1) is 17.3. The molecule has 24 heavy (non-hydrogen) atoms. The van der Waals surface area contributed by atoms with E-state index in [2.05, 4.69) is 5.32 Å². The molecule has 1 aromatic heterocycles. The molecule has 0 bridgehead atoms. The fourth-order valence-corrected chi connectivity index (χ4v) is 3.87. The van der Waals surface area contributed by atoms with E-state index in [-0.39, 0.29) is 5.91 Å². The maximum atomic E-state index is 12.4. The van der Waals surface area contributed by atoms with Crippen LogP contribution in [0.25, 0.3) is 0 Å². The second kappa shape index (κ2) is 8.54. The summed E-state index contributed by atoms with van der Waals surface area (Å²) in [6.07, 6.45) is 7.22. The third-order valence-electron chi connectivity index (χ3n) is 4.29. The molecular weight excluding hydrogens is 342 g/mol. The Morgan fingerprint density at radius 1 is 1.17 bits per heavy atom. The fourth-order valence-electron chi connectivity index (χ4n) is 2.95. The molecule has 3 rings (SSSR count). The van der Waals surface area contributed by atoms with Crippen LogP contribution in [0.15, 0.2) is 35.7 Å². The molecule has 1 N–H and O–H groups in total. The highest BCUT2D eigenvalue weighted by atomic mass is 35.5. The van der Waals surface area contributed by atoms with E-state index in [9.17, 15) is 4.79 Å². The fraction of sp³-hybridized carbons (Fsp3) is 0.421. The van der Waals surface area contributed by atoms with E-state index < -0.39 is 0 Å². The number of hydrogen-bond acceptors (Lipinski definition) is 3. The lowest BCUT2D eigenvalue weighted by Gasteiger charge is -2.15. The number of nitrogens with one attached hydrogen (secondary N) is 1.